The Kier molecular flexibility index (Phi) is 6.17. The van der Waals surface area contributed by atoms with E-state index in [0.717, 1.165) is 75.0 Å². The Morgan fingerprint density at radius 1 is 0.828 bits per heavy atom. The van der Waals surface area contributed by atoms with Gasteiger partial charge in [0.1, 0.15) is 5.82 Å². The summed E-state index contributed by atoms with van der Waals surface area (Å²) in [5.41, 5.74) is 4.58. The van der Waals surface area contributed by atoms with Crippen LogP contribution in [0.2, 0.25) is 0 Å². The molecule has 4 rings (SSSR count). The van der Waals surface area contributed by atoms with Gasteiger partial charge in [-0.3, -0.25) is 0 Å². The van der Waals surface area contributed by atoms with Crippen molar-refractivity contribution in [3.05, 3.63) is 35.6 Å². The molecule has 3 heterocycles. The van der Waals surface area contributed by atoms with Gasteiger partial charge in [0, 0.05) is 26.2 Å². The predicted octanol–water partition coefficient (Wildman–Crippen LogP) is 3.83. The third-order valence-electron chi connectivity index (χ3n) is 5.48. The van der Waals surface area contributed by atoms with E-state index in [9.17, 15) is 4.39 Å². The van der Waals surface area contributed by atoms with Crippen LogP contribution in [0.15, 0.2) is 29.4 Å². The van der Waals surface area contributed by atoms with Crippen LogP contribution in [0.1, 0.15) is 51.0 Å². The molecular formula is C21H28FN7. The molecule has 1 N–H and O–H groups in total. The summed E-state index contributed by atoms with van der Waals surface area (Å²) >= 11 is 0. The van der Waals surface area contributed by atoms with Gasteiger partial charge in [0.25, 0.3) is 0 Å². The fourth-order valence-electron chi connectivity index (χ4n) is 3.76. The van der Waals surface area contributed by atoms with Gasteiger partial charge in [0.15, 0.2) is 0 Å². The van der Waals surface area contributed by atoms with Gasteiger partial charge < -0.3 is 9.80 Å². The van der Waals surface area contributed by atoms with Crippen LogP contribution < -0.4 is 15.2 Å². The average molecular weight is 398 g/mol. The summed E-state index contributed by atoms with van der Waals surface area (Å²) in [7, 11) is 0. The van der Waals surface area contributed by atoms with E-state index in [1.807, 2.05) is 6.92 Å². The predicted molar refractivity (Wildman–Crippen MR) is 114 cm³/mol. The highest BCUT2D eigenvalue weighted by molar-refractivity contribution is 5.98. The third-order valence-corrected chi connectivity index (χ3v) is 5.48. The first kappa shape index (κ1) is 19.5. The fourth-order valence-corrected chi connectivity index (χ4v) is 3.76. The molecule has 1 aromatic carbocycles. The van der Waals surface area contributed by atoms with Crippen molar-refractivity contribution >= 4 is 23.6 Å². The maximum Gasteiger partial charge on any atom is 0.250 e. The smallest absolute Gasteiger partial charge is 0.250 e. The van der Waals surface area contributed by atoms with E-state index in [0.29, 0.717) is 5.95 Å². The van der Waals surface area contributed by atoms with Crippen LogP contribution in [0.5, 0.6) is 0 Å². The second-order valence-electron chi connectivity index (χ2n) is 7.67. The number of hydrogen-bond donors (Lipinski definition) is 1. The zero-order chi connectivity index (χ0) is 20.1. The van der Waals surface area contributed by atoms with Crippen molar-refractivity contribution in [3.63, 3.8) is 0 Å². The lowest BCUT2D eigenvalue weighted by Crippen LogP contribution is -2.34. The summed E-state index contributed by atoms with van der Waals surface area (Å²) in [6.45, 7) is 5.77. The molecule has 0 spiro atoms. The molecule has 0 saturated carbocycles. The van der Waals surface area contributed by atoms with Crippen LogP contribution in [0, 0.1) is 5.82 Å². The topological polar surface area (TPSA) is 69.5 Å². The maximum atomic E-state index is 13.2. The van der Waals surface area contributed by atoms with E-state index in [-0.39, 0.29) is 5.82 Å². The van der Waals surface area contributed by atoms with Crippen LogP contribution in [-0.2, 0) is 0 Å². The first-order chi connectivity index (χ1) is 14.2. The van der Waals surface area contributed by atoms with Crippen molar-refractivity contribution in [2.75, 3.05) is 41.4 Å². The number of anilines is 3. The highest BCUT2D eigenvalue weighted by Gasteiger charge is 2.20. The number of hydrogen-bond acceptors (Lipinski definition) is 7. The Bertz CT molecular complexity index is 804. The van der Waals surface area contributed by atoms with Crippen LogP contribution >= 0.6 is 0 Å². The molecule has 2 fully saturated rings. The number of rotatable bonds is 5. The van der Waals surface area contributed by atoms with Crippen molar-refractivity contribution in [2.45, 2.75) is 45.4 Å². The molecule has 29 heavy (non-hydrogen) atoms. The molecule has 0 radical (unpaired) electrons. The van der Waals surface area contributed by atoms with Gasteiger partial charge >= 0.3 is 0 Å². The molecule has 0 unspecified atom stereocenters. The quantitative estimate of drug-likeness (QED) is 0.611. The number of nitrogens with one attached hydrogen (secondary N) is 1. The van der Waals surface area contributed by atoms with Gasteiger partial charge in [-0.2, -0.15) is 20.1 Å². The number of aromatic nitrogens is 3. The molecule has 2 aromatic rings. The largest absolute Gasteiger partial charge is 0.341 e. The number of halogens is 1. The van der Waals surface area contributed by atoms with E-state index in [4.69, 9.17) is 4.98 Å². The molecule has 2 saturated heterocycles. The highest BCUT2D eigenvalue weighted by atomic mass is 19.1. The standard InChI is InChI=1S/C21H28FN7/c1-16(17-8-10-18(22)11-9-17)26-27-19-23-20(28-12-4-2-5-13-28)25-21(24-19)29-14-6-3-7-15-29/h8-11H,2-7,12-15H2,1H3,(H,23,24,25,27). The number of nitrogens with zero attached hydrogens (tertiary/aromatic N) is 6. The summed E-state index contributed by atoms with van der Waals surface area (Å²) in [4.78, 5) is 18.5. The Labute approximate surface area is 171 Å². The van der Waals surface area contributed by atoms with Crippen molar-refractivity contribution < 1.29 is 4.39 Å². The number of piperidine rings is 2. The highest BCUT2D eigenvalue weighted by Crippen LogP contribution is 2.22. The molecule has 8 heteroatoms. The molecule has 7 nitrogen and oxygen atoms in total. The zero-order valence-corrected chi connectivity index (χ0v) is 16.9. The summed E-state index contributed by atoms with van der Waals surface area (Å²) in [5, 5.41) is 4.42. The Morgan fingerprint density at radius 3 is 1.86 bits per heavy atom. The molecule has 2 aliphatic rings. The first-order valence-corrected chi connectivity index (χ1v) is 10.5. The molecule has 0 aliphatic carbocycles. The maximum absolute atomic E-state index is 13.2. The van der Waals surface area contributed by atoms with Crippen LogP contribution in [0.3, 0.4) is 0 Å². The number of benzene rings is 1. The van der Waals surface area contributed by atoms with Crippen LogP contribution in [-0.4, -0.2) is 46.8 Å². The fraction of sp³-hybridized carbons (Fsp3) is 0.524. The second-order valence-corrected chi connectivity index (χ2v) is 7.67. The van der Waals surface area contributed by atoms with Crippen molar-refractivity contribution in [1.29, 1.82) is 0 Å². The minimum absolute atomic E-state index is 0.260. The normalized spacial score (nSPS) is 18.1. The first-order valence-electron chi connectivity index (χ1n) is 10.5. The minimum Gasteiger partial charge on any atom is -0.341 e. The van der Waals surface area contributed by atoms with Gasteiger partial charge in [-0.1, -0.05) is 12.1 Å². The van der Waals surface area contributed by atoms with Gasteiger partial charge in [0.2, 0.25) is 17.8 Å². The Hall–Kier alpha value is -2.77. The van der Waals surface area contributed by atoms with Gasteiger partial charge in [-0.25, -0.2) is 9.82 Å². The molecular weight excluding hydrogens is 369 g/mol. The lowest BCUT2D eigenvalue weighted by Gasteiger charge is -2.30. The molecule has 2 aliphatic heterocycles. The van der Waals surface area contributed by atoms with Crippen molar-refractivity contribution in [1.82, 2.24) is 15.0 Å². The molecule has 1 aromatic heterocycles. The summed E-state index contributed by atoms with van der Waals surface area (Å²) in [5.74, 6) is 1.63. The van der Waals surface area contributed by atoms with Gasteiger partial charge in [-0.15, -0.1) is 0 Å². The molecule has 154 valence electrons. The minimum atomic E-state index is -0.260. The van der Waals surface area contributed by atoms with E-state index in [1.54, 1.807) is 12.1 Å². The van der Waals surface area contributed by atoms with E-state index in [1.165, 1.54) is 25.0 Å². The summed E-state index contributed by atoms with van der Waals surface area (Å²) < 4.78 is 13.2. The third kappa shape index (κ3) is 4.99. The van der Waals surface area contributed by atoms with Crippen molar-refractivity contribution in [2.24, 2.45) is 5.10 Å². The van der Waals surface area contributed by atoms with E-state index in [2.05, 4.69) is 30.3 Å². The Morgan fingerprint density at radius 2 is 1.34 bits per heavy atom. The Balaban J connectivity index is 1.58. The summed E-state index contributed by atoms with van der Waals surface area (Å²) in [6.07, 6.45) is 7.16. The number of hydrazone groups is 1. The van der Waals surface area contributed by atoms with Crippen molar-refractivity contribution in [3.8, 4) is 0 Å². The monoisotopic (exact) mass is 397 g/mol. The average Bonchev–Trinajstić information content (AvgIpc) is 2.79. The van der Waals surface area contributed by atoms with E-state index < -0.39 is 0 Å². The SMILES string of the molecule is CC(=NNc1nc(N2CCCCC2)nc(N2CCCCC2)n1)c1ccc(F)cc1. The molecule has 0 atom stereocenters. The van der Waals surface area contributed by atoms with E-state index >= 15 is 0 Å². The van der Waals surface area contributed by atoms with Gasteiger partial charge in [-0.05, 0) is 63.1 Å². The van der Waals surface area contributed by atoms with Crippen LogP contribution in [0.25, 0.3) is 0 Å². The van der Waals surface area contributed by atoms with Gasteiger partial charge in [0.05, 0.1) is 5.71 Å². The lowest BCUT2D eigenvalue weighted by molar-refractivity contribution is 0.556. The molecule has 0 amide bonds. The molecule has 0 bridgehead atoms. The lowest BCUT2D eigenvalue weighted by atomic mass is 10.1. The zero-order valence-electron chi connectivity index (χ0n) is 16.9. The second kappa shape index (κ2) is 9.15. The summed E-state index contributed by atoms with van der Waals surface area (Å²) in [6, 6.07) is 6.28. The van der Waals surface area contributed by atoms with Crippen LogP contribution in [0.4, 0.5) is 22.2 Å².